The highest BCUT2D eigenvalue weighted by Gasteiger charge is 2.51. The van der Waals surface area contributed by atoms with Gasteiger partial charge >= 0.3 is 6.03 Å². The maximum Gasteiger partial charge on any atom is 0.322 e. The Morgan fingerprint density at radius 1 is 1.36 bits per heavy atom. The van der Waals surface area contributed by atoms with E-state index in [0.717, 1.165) is 17.9 Å². The minimum Gasteiger partial charge on any atom is -0.504 e. The van der Waals surface area contributed by atoms with Crippen molar-refractivity contribution in [2.24, 2.45) is 11.1 Å². The number of hydrogen-bond donors (Lipinski definition) is 3. The van der Waals surface area contributed by atoms with Crippen molar-refractivity contribution in [3.05, 3.63) is 48.2 Å². The number of hydrogen-bond acceptors (Lipinski definition) is 6. The topological polar surface area (TPSA) is 109 Å². The molecule has 0 saturated heterocycles. The summed E-state index contributed by atoms with van der Waals surface area (Å²) in [6.45, 7) is 0. The molecule has 132 valence electrons. The van der Waals surface area contributed by atoms with Gasteiger partial charge in [0.25, 0.3) is 5.91 Å². The Balaban J connectivity index is 1.63. The lowest BCUT2D eigenvalue weighted by molar-refractivity contribution is -0.115. The zero-order valence-electron chi connectivity index (χ0n) is 13.6. The molecule has 0 unspecified atom stereocenters. The molecule has 0 radical (unpaired) electrons. The van der Waals surface area contributed by atoms with Crippen LogP contribution in [0.2, 0.25) is 0 Å². The first-order valence-corrected chi connectivity index (χ1v) is 7.88. The summed E-state index contributed by atoms with van der Waals surface area (Å²) in [5.41, 5.74) is 1.54. The van der Waals surface area contributed by atoms with Gasteiger partial charge < -0.3 is 20.0 Å². The fraction of sp³-hybridized carbons (Fsp3) is 0.353. The molecule has 1 aliphatic heterocycles. The summed E-state index contributed by atoms with van der Waals surface area (Å²) in [5.74, 6) is -0.931. The summed E-state index contributed by atoms with van der Waals surface area (Å²) in [5, 5.41) is 19.3. The lowest BCUT2D eigenvalue weighted by atomic mass is 9.92. The number of nitrogens with one attached hydrogen (secondary N) is 2. The average molecular weight is 345 g/mol. The number of fused-ring (bicyclic) bond motifs is 1. The number of nitrogens with zero attached hydrogens (tertiary/aromatic N) is 1. The highest BCUT2D eigenvalue weighted by Crippen LogP contribution is 2.36. The fourth-order valence-electron chi connectivity index (χ4n) is 3.15. The van der Waals surface area contributed by atoms with E-state index in [9.17, 15) is 14.7 Å². The van der Waals surface area contributed by atoms with Crippen molar-refractivity contribution >= 4 is 17.6 Å². The van der Waals surface area contributed by atoms with E-state index < -0.39 is 30.2 Å². The lowest BCUT2D eigenvalue weighted by Crippen LogP contribution is -2.47. The summed E-state index contributed by atoms with van der Waals surface area (Å²) in [7, 11) is 1.39. The van der Waals surface area contributed by atoms with Crippen molar-refractivity contribution in [1.82, 2.24) is 10.6 Å². The van der Waals surface area contributed by atoms with Crippen LogP contribution < -0.4 is 10.6 Å². The average Bonchev–Trinajstić information content (AvgIpc) is 3.16. The monoisotopic (exact) mass is 345 g/mol. The van der Waals surface area contributed by atoms with Crippen molar-refractivity contribution in [3.8, 4) is 0 Å². The number of aliphatic hydroxyl groups is 1. The van der Waals surface area contributed by atoms with Gasteiger partial charge in [0, 0.05) is 6.08 Å². The van der Waals surface area contributed by atoms with E-state index in [1.54, 1.807) is 0 Å². The van der Waals surface area contributed by atoms with Crippen LogP contribution in [0.1, 0.15) is 12.0 Å². The molecule has 3 N–H and O–H groups in total. The van der Waals surface area contributed by atoms with Gasteiger partial charge in [-0.25, -0.2) is 4.79 Å². The van der Waals surface area contributed by atoms with E-state index >= 15 is 0 Å². The Morgan fingerprint density at radius 3 is 2.84 bits per heavy atom. The van der Waals surface area contributed by atoms with Gasteiger partial charge in [-0.3, -0.25) is 10.1 Å². The third kappa shape index (κ3) is 3.63. The Bertz CT molecular complexity index is 703. The molecular weight excluding hydrogens is 326 g/mol. The van der Waals surface area contributed by atoms with Gasteiger partial charge in [-0.1, -0.05) is 35.5 Å². The van der Waals surface area contributed by atoms with Gasteiger partial charge in [0.2, 0.25) is 0 Å². The minimum atomic E-state index is -0.694. The third-order valence-corrected chi connectivity index (χ3v) is 4.23. The highest BCUT2D eigenvalue weighted by atomic mass is 16.6. The fourth-order valence-corrected chi connectivity index (χ4v) is 3.15. The van der Waals surface area contributed by atoms with Crippen LogP contribution in [-0.4, -0.2) is 48.1 Å². The molecule has 8 nitrogen and oxygen atoms in total. The largest absolute Gasteiger partial charge is 0.504 e. The van der Waals surface area contributed by atoms with Crippen molar-refractivity contribution in [3.63, 3.8) is 0 Å². The van der Waals surface area contributed by atoms with Crippen molar-refractivity contribution in [2.75, 3.05) is 7.11 Å². The number of methoxy groups -OCH3 is 1. The zero-order valence-corrected chi connectivity index (χ0v) is 13.6. The molecule has 3 rings (SSSR count). The Kier molecular flexibility index (Phi) is 4.99. The van der Waals surface area contributed by atoms with Crippen LogP contribution in [0.5, 0.6) is 0 Å². The van der Waals surface area contributed by atoms with E-state index in [0.29, 0.717) is 12.1 Å². The molecule has 4 atom stereocenters. The SMILES string of the molecule is CO/C=C/C(=O)NC(=O)N[C@@H]1C[C@H](O)[C@H]2C(c3ccccc3)=NO[C@H]21. The first kappa shape index (κ1) is 17.0. The second-order valence-corrected chi connectivity index (χ2v) is 5.85. The summed E-state index contributed by atoms with van der Waals surface area (Å²) >= 11 is 0. The Morgan fingerprint density at radius 2 is 2.12 bits per heavy atom. The van der Waals surface area contributed by atoms with Crippen LogP contribution in [-0.2, 0) is 14.4 Å². The first-order chi connectivity index (χ1) is 12.1. The van der Waals surface area contributed by atoms with E-state index in [1.807, 2.05) is 30.3 Å². The van der Waals surface area contributed by atoms with Crippen molar-refractivity contribution in [2.45, 2.75) is 24.7 Å². The van der Waals surface area contributed by atoms with Gasteiger partial charge in [-0.05, 0) is 12.0 Å². The van der Waals surface area contributed by atoms with Crippen LogP contribution in [0.4, 0.5) is 4.79 Å². The predicted octanol–water partition coefficient (Wildman–Crippen LogP) is 0.525. The van der Waals surface area contributed by atoms with Gasteiger partial charge in [0.1, 0.15) is 0 Å². The van der Waals surface area contributed by atoms with Crippen molar-refractivity contribution in [1.29, 1.82) is 0 Å². The van der Waals surface area contributed by atoms with E-state index in [-0.39, 0.29) is 5.92 Å². The molecule has 1 heterocycles. The molecule has 1 fully saturated rings. The van der Waals surface area contributed by atoms with E-state index in [2.05, 4.69) is 20.5 Å². The van der Waals surface area contributed by atoms with Gasteiger partial charge in [0.05, 0.1) is 37.1 Å². The second-order valence-electron chi connectivity index (χ2n) is 5.85. The molecule has 2 aliphatic rings. The summed E-state index contributed by atoms with van der Waals surface area (Å²) in [4.78, 5) is 28.9. The molecular formula is C17H19N3O5. The smallest absolute Gasteiger partial charge is 0.322 e. The number of oxime groups is 1. The molecule has 1 aliphatic carbocycles. The minimum absolute atomic E-state index is 0.316. The standard InChI is InChI=1S/C17H19N3O5/c1-24-8-7-13(22)19-17(23)18-11-9-12(21)14-15(20-25-16(11)14)10-5-3-2-4-6-10/h2-8,11-12,14,16,21H,9H2,1H3,(H2,18,19,22,23)/b8-7+/t11-,12+,14+,16+/m1/s1. The predicted molar refractivity (Wildman–Crippen MR) is 88.6 cm³/mol. The number of carbonyl (C=O) groups is 2. The van der Waals surface area contributed by atoms with E-state index in [1.165, 1.54) is 7.11 Å². The third-order valence-electron chi connectivity index (χ3n) is 4.23. The maximum atomic E-state index is 11.9. The number of amides is 3. The molecule has 0 aromatic heterocycles. The molecule has 1 aromatic carbocycles. The normalized spacial score (nSPS) is 27.4. The summed E-state index contributed by atoms with van der Waals surface area (Å²) < 4.78 is 4.61. The summed E-state index contributed by atoms with van der Waals surface area (Å²) in [6.07, 6.45) is 1.41. The van der Waals surface area contributed by atoms with Gasteiger partial charge in [-0.2, -0.15) is 0 Å². The van der Waals surface area contributed by atoms with Crippen LogP contribution in [0.3, 0.4) is 0 Å². The number of urea groups is 1. The van der Waals surface area contributed by atoms with Crippen LogP contribution in [0.15, 0.2) is 47.8 Å². The van der Waals surface area contributed by atoms with E-state index in [4.69, 9.17) is 4.84 Å². The molecule has 25 heavy (non-hydrogen) atoms. The number of benzene rings is 1. The lowest BCUT2D eigenvalue weighted by Gasteiger charge is -2.18. The van der Waals surface area contributed by atoms with Crippen LogP contribution in [0, 0.1) is 5.92 Å². The zero-order chi connectivity index (χ0) is 17.8. The van der Waals surface area contributed by atoms with Crippen LogP contribution >= 0.6 is 0 Å². The quantitative estimate of drug-likeness (QED) is 0.545. The Hall–Kier alpha value is -2.87. The molecule has 0 spiro atoms. The molecule has 1 saturated carbocycles. The molecule has 8 heteroatoms. The maximum absolute atomic E-state index is 11.9. The second kappa shape index (κ2) is 7.35. The first-order valence-electron chi connectivity index (χ1n) is 7.88. The Labute approximate surface area is 144 Å². The number of rotatable bonds is 4. The number of ether oxygens (including phenoxy) is 1. The molecule has 1 aromatic rings. The summed E-state index contributed by atoms with van der Waals surface area (Å²) in [6, 6.07) is 8.33. The van der Waals surface area contributed by atoms with Gasteiger partial charge in [-0.15, -0.1) is 0 Å². The highest BCUT2D eigenvalue weighted by molar-refractivity contribution is 6.04. The van der Waals surface area contributed by atoms with Gasteiger partial charge in [0.15, 0.2) is 6.10 Å². The number of carbonyl (C=O) groups excluding carboxylic acids is 2. The van der Waals surface area contributed by atoms with Crippen molar-refractivity contribution < 1.29 is 24.3 Å². The molecule has 3 amide bonds. The number of aliphatic hydroxyl groups excluding tert-OH is 1. The van der Waals surface area contributed by atoms with Crippen LogP contribution in [0.25, 0.3) is 0 Å². The number of imide groups is 1. The molecule has 0 bridgehead atoms.